The Morgan fingerprint density at radius 1 is 0.977 bits per heavy atom. The Morgan fingerprint density at radius 2 is 1.63 bits per heavy atom. The number of aliphatic hydroxyl groups is 6. The third-order valence-corrected chi connectivity index (χ3v) is 8.58. The second-order valence-electron chi connectivity index (χ2n) is 11.6. The fraction of sp³-hybridized carbons (Fsp3) is 0.400. The Balaban J connectivity index is 1.38. The van der Waals surface area contributed by atoms with Crippen LogP contribution in [0.1, 0.15) is 39.9 Å². The van der Waals surface area contributed by atoms with E-state index in [4.69, 9.17) is 0 Å². The van der Waals surface area contributed by atoms with Gasteiger partial charge in [-0.2, -0.15) is 0 Å². The minimum Gasteiger partial charge on any atom is -0.381 e. The van der Waals surface area contributed by atoms with Crippen LogP contribution in [0.4, 0.5) is 10.1 Å². The minimum atomic E-state index is -3.48. The van der Waals surface area contributed by atoms with Crippen molar-refractivity contribution in [2.24, 2.45) is 0 Å². The van der Waals surface area contributed by atoms with Crippen LogP contribution in [0.3, 0.4) is 0 Å². The SMILES string of the molecule is BC1(N2Cc3c(NCc4cccc(CN5C(B)(O)C(O)(O)OC(B)(O)C5(O)O)c4F)cccc3C2=O)CCC(=O)NC1=O. The van der Waals surface area contributed by atoms with Crippen molar-refractivity contribution < 1.29 is 54.2 Å². The molecule has 3 heterocycles. The Kier molecular flexibility index (Phi) is 7.30. The number of morpholine rings is 1. The van der Waals surface area contributed by atoms with Gasteiger partial charge < -0.3 is 40.9 Å². The molecule has 0 radical (unpaired) electrons. The highest BCUT2D eigenvalue weighted by molar-refractivity contribution is 6.32. The largest absolute Gasteiger partial charge is 0.381 e. The van der Waals surface area contributed by atoms with Gasteiger partial charge in [0.05, 0.1) is 5.44 Å². The van der Waals surface area contributed by atoms with Crippen LogP contribution in [0.15, 0.2) is 36.4 Å². The molecule has 3 atom stereocenters. The third-order valence-electron chi connectivity index (χ3n) is 8.58. The first-order valence-corrected chi connectivity index (χ1v) is 13.4. The molecule has 3 aliphatic heterocycles. The van der Waals surface area contributed by atoms with Gasteiger partial charge >= 0.3 is 5.97 Å². The van der Waals surface area contributed by atoms with Crippen LogP contribution in [-0.4, -0.2) is 110 Å². The number of nitrogens with zero attached hydrogens (tertiary/aromatic N) is 2. The Labute approximate surface area is 247 Å². The van der Waals surface area contributed by atoms with Crippen LogP contribution in [-0.2, 0) is 34.0 Å². The highest BCUT2D eigenvalue weighted by atomic mass is 19.1. The van der Waals surface area contributed by atoms with Crippen molar-refractivity contribution >= 4 is 46.9 Å². The van der Waals surface area contributed by atoms with Crippen LogP contribution < -0.4 is 10.6 Å². The second kappa shape index (κ2) is 10.1. The van der Waals surface area contributed by atoms with Gasteiger partial charge in [-0.3, -0.25) is 24.4 Å². The average Bonchev–Trinajstić information content (AvgIpc) is 3.25. The topological polar surface area (TPSA) is 212 Å². The number of imide groups is 1. The van der Waals surface area contributed by atoms with E-state index < -0.39 is 52.8 Å². The fourth-order valence-electron chi connectivity index (χ4n) is 5.64. The molecule has 226 valence electrons. The summed E-state index contributed by atoms with van der Waals surface area (Å²) in [6, 6.07) is 9.09. The van der Waals surface area contributed by atoms with Gasteiger partial charge in [-0.25, -0.2) is 9.29 Å². The van der Waals surface area contributed by atoms with Crippen LogP contribution in [0.5, 0.6) is 0 Å². The quantitative estimate of drug-likeness (QED) is 0.0892. The molecule has 2 saturated heterocycles. The normalized spacial score (nSPS) is 30.2. The van der Waals surface area contributed by atoms with Gasteiger partial charge in [0.1, 0.15) is 13.7 Å². The summed E-state index contributed by atoms with van der Waals surface area (Å²) < 4.78 is 20.2. The number of carbonyl (C=O) groups is 3. The number of ether oxygens (including phenoxy) is 1. The molecule has 0 bridgehead atoms. The summed E-state index contributed by atoms with van der Waals surface area (Å²) in [7, 11) is 3.10. The Hall–Kier alpha value is -3.35. The van der Waals surface area contributed by atoms with Gasteiger partial charge in [-0.15, -0.1) is 0 Å². The van der Waals surface area contributed by atoms with E-state index in [1.54, 1.807) is 26.0 Å². The molecule has 43 heavy (non-hydrogen) atoms. The highest BCUT2D eigenvalue weighted by Gasteiger charge is 2.69. The Bertz CT molecular complexity index is 1500. The summed E-state index contributed by atoms with van der Waals surface area (Å²) in [5, 5.41) is 68.0. The number of benzene rings is 2. The van der Waals surface area contributed by atoms with E-state index in [0.717, 1.165) is 15.7 Å². The smallest absolute Gasteiger partial charge is 0.315 e. The van der Waals surface area contributed by atoms with E-state index >= 15 is 4.39 Å². The van der Waals surface area contributed by atoms with E-state index in [9.17, 15) is 45.0 Å². The number of fused-ring (bicyclic) bond motifs is 1. The first kappa shape index (κ1) is 31.1. The predicted octanol–water partition coefficient (Wildman–Crippen LogP) is -5.17. The van der Waals surface area contributed by atoms with Crippen LogP contribution >= 0.6 is 0 Å². The van der Waals surface area contributed by atoms with Crippen molar-refractivity contribution in [3.63, 3.8) is 0 Å². The molecule has 18 heteroatoms. The predicted molar refractivity (Wildman–Crippen MR) is 152 cm³/mol. The van der Waals surface area contributed by atoms with Crippen molar-refractivity contribution in [3.8, 4) is 0 Å². The lowest BCUT2D eigenvalue weighted by Gasteiger charge is -2.58. The number of nitrogens with one attached hydrogen (secondary N) is 2. The lowest BCUT2D eigenvalue weighted by molar-refractivity contribution is -0.560. The van der Waals surface area contributed by atoms with Crippen molar-refractivity contribution in [1.82, 2.24) is 15.1 Å². The molecule has 0 aromatic heterocycles. The molecule has 5 rings (SSSR count). The number of hydrogen-bond donors (Lipinski definition) is 8. The summed E-state index contributed by atoms with van der Waals surface area (Å²) >= 11 is 0. The molecule has 3 unspecified atom stereocenters. The summed E-state index contributed by atoms with van der Waals surface area (Å²) in [4.78, 5) is 39.3. The van der Waals surface area contributed by atoms with E-state index in [0.29, 0.717) is 16.8 Å². The van der Waals surface area contributed by atoms with Gasteiger partial charge in [-0.1, -0.05) is 24.3 Å². The standard InChI is InChI=1S/C25H30B3FN4O10/c26-21(8-7-17(34)31-20(21)36)32-11-15-14(19(32)35)5-2-6-16(15)30-9-12-3-1-4-13(18(12)29)10-33-22(27,37)25(41,42)43-23(28,38)24(33,39)40/h1-6,30,37-42H,7-11,26-28H2,(H,31,34,36). The Morgan fingerprint density at radius 3 is 2.30 bits per heavy atom. The van der Waals surface area contributed by atoms with Gasteiger partial charge in [0.15, 0.2) is 27.0 Å². The number of rotatable bonds is 6. The van der Waals surface area contributed by atoms with Crippen molar-refractivity contribution in [3.05, 3.63) is 64.5 Å². The molecular formula is C25H30B3FN4O10. The van der Waals surface area contributed by atoms with Crippen molar-refractivity contribution in [2.75, 3.05) is 5.32 Å². The molecule has 0 spiro atoms. The molecular weight excluding hydrogens is 568 g/mol. The van der Waals surface area contributed by atoms with E-state index in [1.165, 1.54) is 23.1 Å². The van der Waals surface area contributed by atoms with Gasteiger partial charge in [0, 0.05) is 54.0 Å². The minimum absolute atomic E-state index is 0.0726. The zero-order chi connectivity index (χ0) is 31.8. The first-order valence-electron chi connectivity index (χ1n) is 13.4. The number of anilines is 1. The average molecular weight is 598 g/mol. The number of piperidine rings is 1. The van der Waals surface area contributed by atoms with Gasteiger partial charge in [0.2, 0.25) is 11.8 Å². The summed E-state index contributed by atoms with van der Waals surface area (Å²) in [5.74, 6) is -9.06. The number of amides is 3. The molecule has 2 aromatic carbocycles. The zero-order valence-corrected chi connectivity index (χ0v) is 23.6. The summed E-state index contributed by atoms with van der Waals surface area (Å²) in [5.41, 5.74) is -5.86. The summed E-state index contributed by atoms with van der Waals surface area (Å²) in [6.45, 7) is -0.848. The third kappa shape index (κ3) is 4.83. The van der Waals surface area contributed by atoms with Crippen LogP contribution in [0.25, 0.3) is 0 Å². The van der Waals surface area contributed by atoms with Gasteiger partial charge in [-0.05, 0) is 18.6 Å². The maximum atomic E-state index is 15.7. The maximum absolute atomic E-state index is 15.7. The van der Waals surface area contributed by atoms with Crippen LogP contribution in [0, 0.1) is 5.82 Å². The molecule has 14 nitrogen and oxygen atoms in total. The first-order chi connectivity index (χ1) is 19.8. The van der Waals surface area contributed by atoms with Crippen molar-refractivity contribution in [2.45, 2.75) is 61.1 Å². The lowest BCUT2D eigenvalue weighted by Crippen LogP contribution is -2.84. The van der Waals surface area contributed by atoms with E-state index in [2.05, 4.69) is 15.4 Å². The molecule has 3 amide bonds. The molecule has 0 saturated carbocycles. The second-order valence-corrected chi connectivity index (χ2v) is 11.6. The van der Waals surface area contributed by atoms with Crippen molar-refractivity contribution in [1.29, 1.82) is 0 Å². The lowest BCUT2D eigenvalue weighted by atomic mass is 9.70. The van der Waals surface area contributed by atoms with E-state index in [1.807, 2.05) is 0 Å². The van der Waals surface area contributed by atoms with E-state index in [-0.39, 0.29) is 47.9 Å². The number of carbonyl (C=O) groups excluding carboxylic acids is 3. The number of hydrogen-bond acceptors (Lipinski definition) is 12. The molecule has 3 aliphatic rings. The number of halogens is 1. The molecule has 0 aliphatic carbocycles. The highest BCUT2D eigenvalue weighted by Crippen LogP contribution is 2.42. The fourth-order valence-corrected chi connectivity index (χ4v) is 5.64. The van der Waals surface area contributed by atoms with Gasteiger partial charge in [0.25, 0.3) is 11.8 Å². The maximum Gasteiger partial charge on any atom is 0.315 e. The summed E-state index contributed by atoms with van der Waals surface area (Å²) in [6.07, 6.45) is 0.256. The van der Waals surface area contributed by atoms with Crippen LogP contribution in [0.2, 0.25) is 0 Å². The molecule has 8 N–H and O–H groups in total. The molecule has 2 fully saturated rings. The zero-order valence-electron chi connectivity index (χ0n) is 23.6. The monoisotopic (exact) mass is 598 g/mol. The molecule has 2 aromatic rings.